The number of imidazole rings is 1. The summed E-state index contributed by atoms with van der Waals surface area (Å²) in [4.78, 5) is 11.4. The van der Waals surface area contributed by atoms with E-state index < -0.39 is 17.5 Å². The van der Waals surface area contributed by atoms with Crippen LogP contribution in [-0.4, -0.2) is 24.6 Å². The number of aromatic nitrogens is 5. The summed E-state index contributed by atoms with van der Waals surface area (Å²) >= 11 is 0. The first kappa shape index (κ1) is 14.4. The van der Waals surface area contributed by atoms with Gasteiger partial charge in [0.2, 0.25) is 0 Å². The van der Waals surface area contributed by atoms with E-state index in [1.807, 2.05) is 0 Å². The number of aromatic amines is 1. The van der Waals surface area contributed by atoms with Gasteiger partial charge in [-0.25, -0.2) is 27.7 Å². The third-order valence-corrected chi connectivity index (χ3v) is 3.64. The standard InChI is InChI=1S/C16H10F3N5/c1-8-22-15(9-2-3-13-20-7-21-24(13)6-9)16(23-8)10-4-11(17)14(19)12(18)5-10/h2-7H,1H3,(H,22,23). The van der Waals surface area contributed by atoms with E-state index >= 15 is 0 Å². The molecule has 5 nitrogen and oxygen atoms in total. The number of rotatable bonds is 2. The van der Waals surface area contributed by atoms with E-state index in [1.54, 1.807) is 29.8 Å². The first-order valence-corrected chi connectivity index (χ1v) is 7.04. The maximum Gasteiger partial charge on any atom is 0.194 e. The molecule has 0 saturated carbocycles. The quantitative estimate of drug-likeness (QED) is 0.573. The Hall–Kier alpha value is -3.16. The van der Waals surface area contributed by atoms with Crippen LogP contribution in [-0.2, 0) is 0 Å². The van der Waals surface area contributed by atoms with Crippen molar-refractivity contribution in [2.45, 2.75) is 6.92 Å². The summed E-state index contributed by atoms with van der Waals surface area (Å²) in [5.41, 5.74) is 2.38. The largest absolute Gasteiger partial charge is 0.342 e. The summed E-state index contributed by atoms with van der Waals surface area (Å²) in [6, 6.07) is 5.39. The Morgan fingerprint density at radius 1 is 1.04 bits per heavy atom. The normalized spacial score (nSPS) is 11.3. The maximum atomic E-state index is 13.6. The Morgan fingerprint density at radius 3 is 2.54 bits per heavy atom. The molecule has 0 saturated heterocycles. The highest BCUT2D eigenvalue weighted by molar-refractivity contribution is 5.78. The maximum absolute atomic E-state index is 13.6. The molecular weight excluding hydrogens is 319 g/mol. The molecule has 0 unspecified atom stereocenters. The molecule has 4 rings (SSSR count). The minimum absolute atomic E-state index is 0.143. The van der Waals surface area contributed by atoms with Crippen LogP contribution in [0.15, 0.2) is 36.8 Å². The highest BCUT2D eigenvalue weighted by Crippen LogP contribution is 2.31. The van der Waals surface area contributed by atoms with Gasteiger partial charge in [-0.15, -0.1) is 0 Å². The predicted molar refractivity (Wildman–Crippen MR) is 80.6 cm³/mol. The van der Waals surface area contributed by atoms with Crippen LogP contribution in [0.5, 0.6) is 0 Å². The van der Waals surface area contributed by atoms with Crippen molar-refractivity contribution in [3.05, 3.63) is 60.1 Å². The fourth-order valence-electron chi connectivity index (χ4n) is 2.57. The molecule has 1 aromatic carbocycles. The molecule has 3 aromatic heterocycles. The fourth-order valence-corrected chi connectivity index (χ4v) is 2.57. The molecule has 24 heavy (non-hydrogen) atoms. The zero-order chi connectivity index (χ0) is 16.8. The highest BCUT2D eigenvalue weighted by Gasteiger charge is 2.18. The first-order chi connectivity index (χ1) is 11.5. The van der Waals surface area contributed by atoms with Gasteiger partial charge in [0.25, 0.3) is 0 Å². The van der Waals surface area contributed by atoms with Gasteiger partial charge in [0.1, 0.15) is 12.2 Å². The summed E-state index contributed by atoms with van der Waals surface area (Å²) in [6.07, 6.45) is 3.14. The zero-order valence-electron chi connectivity index (χ0n) is 12.4. The van der Waals surface area contributed by atoms with E-state index in [4.69, 9.17) is 0 Å². The van der Waals surface area contributed by atoms with Gasteiger partial charge in [0.15, 0.2) is 23.1 Å². The number of aryl methyl sites for hydroxylation is 1. The van der Waals surface area contributed by atoms with E-state index in [0.717, 1.165) is 12.1 Å². The molecule has 0 atom stereocenters. The molecule has 0 spiro atoms. The lowest BCUT2D eigenvalue weighted by molar-refractivity contribution is 0.447. The van der Waals surface area contributed by atoms with Crippen molar-refractivity contribution in [1.82, 2.24) is 24.6 Å². The van der Waals surface area contributed by atoms with Crippen molar-refractivity contribution in [3.8, 4) is 22.5 Å². The summed E-state index contributed by atoms with van der Waals surface area (Å²) in [5, 5.41) is 4.06. The number of hydrogen-bond acceptors (Lipinski definition) is 3. The molecule has 0 radical (unpaired) electrons. The number of hydrogen-bond donors (Lipinski definition) is 1. The lowest BCUT2D eigenvalue weighted by Crippen LogP contribution is -1.94. The van der Waals surface area contributed by atoms with E-state index in [0.29, 0.717) is 28.4 Å². The average Bonchev–Trinajstić information content (AvgIpc) is 3.17. The van der Waals surface area contributed by atoms with Crippen molar-refractivity contribution in [1.29, 1.82) is 0 Å². The minimum Gasteiger partial charge on any atom is -0.342 e. The van der Waals surface area contributed by atoms with Crippen LogP contribution in [0.25, 0.3) is 28.2 Å². The SMILES string of the molecule is Cc1nc(-c2cc(F)c(F)c(F)c2)c(-c2ccc3ncnn3c2)[nH]1. The zero-order valence-corrected chi connectivity index (χ0v) is 12.4. The first-order valence-electron chi connectivity index (χ1n) is 7.04. The van der Waals surface area contributed by atoms with Gasteiger partial charge >= 0.3 is 0 Å². The molecule has 0 fully saturated rings. The number of pyridine rings is 1. The summed E-state index contributed by atoms with van der Waals surface area (Å²) in [5.74, 6) is -3.47. The number of fused-ring (bicyclic) bond motifs is 1. The molecule has 3 heterocycles. The van der Waals surface area contributed by atoms with Crippen LogP contribution in [0.1, 0.15) is 5.82 Å². The summed E-state index contributed by atoms with van der Waals surface area (Å²) in [6.45, 7) is 1.72. The third kappa shape index (κ3) is 2.23. The molecule has 120 valence electrons. The van der Waals surface area contributed by atoms with Crippen LogP contribution in [0.3, 0.4) is 0 Å². The van der Waals surface area contributed by atoms with Gasteiger partial charge < -0.3 is 4.98 Å². The topological polar surface area (TPSA) is 58.9 Å². The van der Waals surface area contributed by atoms with Gasteiger partial charge in [-0.3, -0.25) is 0 Å². The van der Waals surface area contributed by atoms with Gasteiger partial charge in [-0.1, -0.05) is 0 Å². The number of nitrogens with zero attached hydrogens (tertiary/aromatic N) is 4. The van der Waals surface area contributed by atoms with Crippen LogP contribution < -0.4 is 0 Å². The van der Waals surface area contributed by atoms with Gasteiger partial charge in [-0.05, 0) is 31.2 Å². The Kier molecular flexibility index (Phi) is 3.12. The molecule has 0 amide bonds. The van der Waals surface area contributed by atoms with Crippen molar-refractivity contribution in [3.63, 3.8) is 0 Å². The summed E-state index contributed by atoms with van der Waals surface area (Å²) in [7, 11) is 0. The monoisotopic (exact) mass is 329 g/mol. The van der Waals surface area contributed by atoms with Crippen molar-refractivity contribution in [2.75, 3.05) is 0 Å². The van der Waals surface area contributed by atoms with Crippen molar-refractivity contribution >= 4 is 5.65 Å². The smallest absolute Gasteiger partial charge is 0.194 e. The number of H-pyrrole nitrogens is 1. The van der Waals surface area contributed by atoms with Gasteiger partial charge in [-0.2, -0.15) is 5.10 Å². The Bertz CT molecular complexity index is 1040. The molecular formula is C16H10F3N5. The highest BCUT2D eigenvalue weighted by atomic mass is 19.2. The van der Waals surface area contributed by atoms with Gasteiger partial charge in [0.05, 0.1) is 11.4 Å². The van der Waals surface area contributed by atoms with Crippen LogP contribution >= 0.6 is 0 Å². The fraction of sp³-hybridized carbons (Fsp3) is 0.0625. The third-order valence-electron chi connectivity index (χ3n) is 3.64. The predicted octanol–water partition coefficient (Wildman–Crippen LogP) is 3.51. The molecule has 0 aliphatic rings. The van der Waals surface area contributed by atoms with E-state index in [9.17, 15) is 13.2 Å². The second-order valence-corrected chi connectivity index (χ2v) is 5.28. The number of benzene rings is 1. The van der Waals surface area contributed by atoms with E-state index in [1.165, 1.54) is 6.33 Å². The van der Waals surface area contributed by atoms with Crippen LogP contribution in [0.4, 0.5) is 13.2 Å². The minimum atomic E-state index is -1.50. The molecule has 0 aliphatic heterocycles. The second-order valence-electron chi connectivity index (χ2n) is 5.28. The van der Waals surface area contributed by atoms with Crippen molar-refractivity contribution in [2.24, 2.45) is 0 Å². The van der Waals surface area contributed by atoms with Gasteiger partial charge in [0, 0.05) is 17.3 Å². The Labute approximate surface area is 133 Å². The Morgan fingerprint density at radius 2 is 1.79 bits per heavy atom. The average molecular weight is 329 g/mol. The lowest BCUT2D eigenvalue weighted by Gasteiger charge is -2.05. The molecule has 4 aromatic rings. The Balaban J connectivity index is 1.92. The molecule has 0 bridgehead atoms. The number of halogens is 3. The van der Waals surface area contributed by atoms with Crippen molar-refractivity contribution < 1.29 is 13.2 Å². The molecule has 0 aliphatic carbocycles. The molecule has 1 N–H and O–H groups in total. The number of nitrogens with one attached hydrogen (secondary N) is 1. The van der Waals surface area contributed by atoms with E-state index in [2.05, 4.69) is 20.1 Å². The summed E-state index contributed by atoms with van der Waals surface area (Å²) < 4.78 is 41.9. The van der Waals surface area contributed by atoms with Crippen LogP contribution in [0, 0.1) is 24.4 Å². The molecule has 8 heteroatoms. The van der Waals surface area contributed by atoms with Crippen LogP contribution in [0.2, 0.25) is 0 Å². The van der Waals surface area contributed by atoms with E-state index in [-0.39, 0.29) is 5.56 Å². The lowest BCUT2D eigenvalue weighted by atomic mass is 10.1. The second kappa shape index (κ2) is 5.19.